The van der Waals surface area contributed by atoms with Crippen molar-refractivity contribution in [2.75, 3.05) is 82.9 Å². The first-order chi connectivity index (χ1) is 9.24. The molecule has 8 heteroatoms. The summed E-state index contributed by atoms with van der Waals surface area (Å²) >= 11 is 0. The number of hydrogen-bond donors (Lipinski definition) is 0. The number of ether oxygens (including phenoxy) is 3. The Morgan fingerprint density at radius 3 is 1.15 bits per heavy atom. The summed E-state index contributed by atoms with van der Waals surface area (Å²) in [6, 6.07) is 0. The Morgan fingerprint density at radius 1 is 0.700 bits per heavy atom. The molecule has 20 heavy (non-hydrogen) atoms. The van der Waals surface area contributed by atoms with Crippen molar-refractivity contribution in [3.05, 3.63) is 0 Å². The Kier molecular flexibility index (Phi) is 14.2. The van der Waals surface area contributed by atoms with Gasteiger partial charge < -0.3 is 14.2 Å². The van der Waals surface area contributed by atoms with E-state index in [9.17, 15) is 4.57 Å². The highest BCUT2D eigenvalue weighted by Gasteiger charge is 2.30. The summed E-state index contributed by atoms with van der Waals surface area (Å²) in [5, 5.41) is 0. The molecule has 7 nitrogen and oxygen atoms in total. The molecule has 124 valence electrons. The normalized spacial score (nSPS) is 11.9. The third-order valence-electron chi connectivity index (χ3n) is 2.43. The zero-order chi connectivity index (χ0) is 16.2. The van der Waals surface area contributed by atoms with Gasteiger partial charge in [0.25, 0.3) is 7.59 Å². The molecule has 0 aromatic rings. The Bertz CT molecular complexity index is 229. The molecule has 0 aliphatic rings. The topological polar surface area (TPSA) is 54.5 Å². The zero-order valence-electron chi connectivity index (χ0n) is 14.3. The number of rotatable bonds is 9. The van der Waals surface area contributed by atoms with Crippen LogP contribution >= 0.6 is 7.59 Å². The molecule has 0 aromatic carbocycles. The van der Waals surface area contributed by atoms with Gasteiger partial charge in [0.05, 0.1) is 26.4 Å². The van der Waals surface area contributed by atoms with Crippen molar-refractivity contribution in [2.24, 2.45) is 0 Å². The second-order valence-corrected chi connectivity index (χ2v) is 8.08. The minimum Gasteiger partial charge on any atom is -0.382 e. The molecule has 0 fully saturated rings. The van der Waals surface area contributed by atoms with E-state index in [4.69, 9.17) is 14.2 Å². The summed E-state index contributed by atoms with van der Waals surface area (Å²) < 4.78 is 31.9. The predicted octanol–water partition coefficient (Wildman–Crippen LogP) is 1.08. The van der Waals surface area contributed by atoms with Crippen molar-refractivity contribution >= 4 is 7.59 Å². The van der Waals surface area contributed by atoms with E-state index in [2.05, 4.69) is 0 Å². The van der Waals surface area contributed by atoms with Gasteiger partial charge in [-0.3, -0.25) is 4.57 Å². The maximum atomic E-state index is 12.1. The lowest BCUT2D eigenvalue weighted by Gasteiger charge is -2.34. The maximum absolute atomic E-state index is 12.1. The molecule has 0 atom stereocenters. The van der Waals surface area contributed by atoms with Crippen LogP contribution in [0.1, 0.15) is 0 Å². The highest BCUT2D eigenvalue weighted by atomic mass is 31.2. The van der Waals surface area contributed by atoms with Crippen molar-refractivity contribution in [3.63, 3.8) is 0 Å². The van der Waals surface area contributed by atoms with Crippen LogP contribution in [0.25, 0.3) is 0 Å². The molecular formula is C12H32N3O4P. The fraction of sp³-hybridized carbons (Fsp3) is 1.00. The van der Waals surface area contributed by atoms with Crippen LogP contribution in [0.15, 0.2) is 0 Å². The molecular weight excluding hydrogens is 281 g/mol. The number of methoxy groups -OCH3 is 2. The number of nitrogens with zero attached hydrogens (tertiary/aromatic N) is 3. The van der Waals surface area contributed by atoms with Gasteiger partial charge in [-0.05, 0) is 42.3 Å². The third kappa shape index (κ3) is 9.02. The Labute approximate surface area is 124 Å². The average Bonchev–Trinajstić information content (AvgIpc) is 2.37. The summed E-state index contributed by atoms with van der Waals surface area (Å²) in [4.78, 5) is 0. The second kappa shape index (κ2) is 12.7. The SMILES string of the molecule is CN(C)P(=O)(N(C)C)N(C)C.COCCOCCOC. The van der Waals surface area contributed by atoms with Crippen LogP contribution in [-0.2, 0) is 18.8 Å². The van der Waals surface area contributed by atoms with Gasteiger partial charge in [0, 0.05) is 14.2 Å². The van der Waals surface area contributed by atoms with Crippen LogP contribution in [0.2, 0.25) is 0 Å². The van der Waals surface area contributed by atoms with Crippen LogP contribution in [0, 0.1) is 0 Å². The minimum absolute atomic E-state index is 0.653. The van der Waals surface area contributed by atoms with Gasteiger partial charge in [-0.15, -0.1) is 0 Å². The van der Waals surface area contributed by atoms with Gasteiger partial charge in [-0.25, -0.2) is 14.0 Å². The van der Waals surface area contributed by atoms with Crippen molar-refractivity contribution < 1.29 is 18.8 Å². The van der Waals surface area contributed by atoms with Crippen LogP contribution in [-0.4, -0.2) is 96.9 Å². The molecule has 0 radical (unpaired) electrons. The molecule has 0 aliphatic carbocycles. The monoisotopic (exact) mass is 313 g/mol. The summed E-state index contributed by atoms with van der Waals surface area (Å²) in [5.41, 5.74) is 0. The summed E-state index contributed by atoms with van der Waals surface area (Å²) in [6.45, 7) is 2.62. The van der Waals surface area contributed by atoms with Crippen LogP contribution in [0.3, 0.4) is 0 Å². The van der Waals surface area contributed by atoms with E-state index < -0.39 is 7.59 Å². The fourth-order valence-electron chi connectivity index (χ4n) is 1.46. The molecule has 0 heterocycles. The summed E-state index contributed by atoms with van der Waals surface area (Å²) in [7, 11) is 11.8. The van der Waals surface area contributed by atoms with Gasteiger partial charge in [-0.1, -0.05) is 0 Å². The summed E-state index contributed by atoms with van der Waals surface area (Å²) in [6.07, 6.45) is 0. The number of hydrogen-bond acceptors (Lipinski definition) is 4. The van der Waals surface area contributed by atoms with E-state index in [1.807, 2.05) is 42.3 Å². The van der Waals surface area contributed by atoms with Gasteiger partial charge in [0.15, 0.2) is 0 Å². The van der Waals surface area contributed by atoms with E-state index in [1.165, 1.54) is 0 Å². The van der Waals surface area contributed by atoms with Crippen LogP contribution in [0.5, 0.6) is 0 Å². The Balaban J connectivity index is 0. The average molecular weight is 313 g/mol. The molecule has 0 aromatic heterocycles. The van der Waals surface area contributed by atoms with Crippen LogP contribution in [0.4, 0.5) is 0 Å². The Morgan fingerprint density at radius 2 is 1.00 bits per heavy atom. The standard InChI is InChI=1S/C6H18N3OP.C6H14O3/c1-7(2)11(10,8(3)4)9(5)6;1-7-3-5-9-6-4-8-2/h1-6H3;3-6H2,1-2H3. The van der Waals surface area contributed by atoms with Crippen molar-refractivity contribution in [2.45, 2.75) is 0 Å². The Hall–Kier alpha value is -0.0100. The first kappa shape index (κ1) is 22.3. The van der Waals surface area contributed by atoms with Gasteiger partial charge in [0.2, 0.25) is 0 Å². The van der Waals surface area contributed by atoms with E-state index >= 15 is 0 Å². The molecule has 0 saturated carbocycles. The van der Waals surface area contributed by atoms with Crippen molar-refractivity contribution in [1.82, 2.24) is 14.0 Å². The zero-order valence-corrected chi connectivity index (χ0v) is 15.1. The largest absolute Gasteiger partial charge is 0.382 e. The molecule has 0 saturated heterocycles. The van der Waals surface area contributed by atoms with Crippen LogP contribution < -0.4 is 0 Å². The first-order valence-corrected chi connectivity index (χ1v) is 8.00. The van der Waals surface area contributed by atoms with E-state index in [0.29, 0.717) is 26.4 Å². The second-order valence-electron chi connectivity index (χ2n) is 4.65. The highest BCUT2D eigenvalue weighted by molar-refractivity contribution is 7.56. The van der Waals surface area contributed by atoms with E-state index in [1.54, 1.807) is 28.2 Å². The summed E-state index contributed by atoms with van der Waals surface area (Å²) in [5.74, 6) is 0. The van der Waals surface area contributed by atoms with Gasteiger partial charge in [0.1, 0.15) is 0 Å². The predicted molar refractivity (Wildman–Crippen MR) is 83.2 cm³/mol. The fourth-order valence-corrected chi connectivity index (χ4v) is 3.61. The molecule has 0 N–H and O–H groups in total. The van der Waals surface area contributed by atoms with Gasteiger partial charge in [-0.2, -0.15) is 0 Å². The van der Waals surface area contributed by atoms with E-state index in [-0.39, 0.29) is 0 Å². The third-order valence-corrected chi connectivity index (χ3v) is 5.55. The maximum Gasteiger partial charge on any atom is 0.285 e. The smallest absolute Gasteiger partial charge is 0.285 e. The van der Waals surface area contributed by atoms with Crippen molar-refractivity contribution in [3.8, 4) is 0 Å². The van der Waals surface area contributed by atoms with Crippen molar-refractivity contribution in [1.29, 1.82) is 0 Å². The first-order valence-electron chi connectivity index (χ1n) is 6.44. The molecule has 0 rings (SSSR count). The lowest BCUT2D eigenvalue weighted by atomic mass is 10.7. The lowest BCUT2D eigenvalue weighted by Crippen LogP contribution is -2.30. The quantitative estimate of drug-likeness (QED) is 0.466. The minimum atomic E-state index is -2.44. The molecule has 0 unspecified atom stereocenters. The molecule has 0 amide bonds. The molecule has 0 bridgehead atoms. The highest BCUT2D eigenvalue weighted by Crippen LogP contribution is 2.50. The molecule has 0 aliphatic heterocycles. The molecule has 0 spiro atoms. The van der Waals surface area contributed by atoms with E-state index in [0.717, 1.165) is 0 Å². The lowest BCUT2D eigenvalue weighted by molar-refractivity contribution is 0.0385. The van der Waals surface area contributed by atoms with Gasteiger partial charge >= 0.3 is 0 Å².